The smallest absolute Gasteiger partial charge is 0.264 e. The topological polar surface area (TPSA) is 88.1 Å². The van der Waals surface area contributed by atoms with Crippen molar-refractivity contribution in [2.75, 3.05) is 12.0 Å². The fourth-order valence-corrected chi connectivity index (χ4v) is 3.50. The number of thioether (sulfide) groups is 1. The molecule has 0 amide bonds. The Bertz CT molecular complexity index is 487. The number of hydrogen-bond acceptors (Lipinski definition) is 8. The van der Waals surface area contributed by atoms with E-state index in [0.717, 1.165) is 18.0 Å². The normalized spacial score (nSPS) is 36.0. The van der Waals surface area contributed by atoms with Crippen LogP contribution in [0, 0.1) is 0 Å². The molecule has 2 heterocycles. The van der Waals surface area contributed by atoms with Crippen molar-refractivity contribution >= 4 is 27.0 Å². The number of carbonyl (C=O) groups excluding carboxylic acids is 1. The molecule has 0 spiro atoms. The highest BCUT2D eigenvalue weighted by molar-refractivity contribution is 8.13. The van der Waals surface area contributed by atoms with Crippen LogP contribution in [0.2, 0.25) is 0 Å². The van der Waals surface area contributed by atoms with Gasteiger partial charge >= 0.3 is 0 Å². The molecule has 0 saturated carbocycles. The van der Waals surface area contributed by atoms with Crippen LogP contribution in [-0.4, -0.2) is 55.9 Å². The van der Waals surface area contributed by atoms with E-state index in [-0.39, 0.29) is 10.9 Å². The Labute approximate surface area is 122 Å². The molecular weight excluding hydrogens is 308 g/mol. The maximum absolute atomic E-state index is 11.4. The first-order chi connectivity index (χ1) is 9.07. The molecule has 0 aromatic rings. The summed E-state index contributed by atoms with van der Waals surface area (Å²) in [5.74, 6) is -0.567. The van der Waals surface area contributed by atoms with Gasteiger partial charge in [-0.2, -0.15) is 8.42 Å². The van der Waals surface area contributed by atoms with Crippen LogP contribution in [0.4, 0.5) is 0 Å². The molecule has 0 radical (unpaired) electrons. The van der Waals surface area contributed by atoms with Gasteiger partial charge in [0.15, 0.2) is 17.2 Å². The fraction of sp³-hybridized carbons (Fsp3) is 0.909. The van der Waals surface area contributed by atoms with E-state index in [0.29, 0.717) is 0 Å². The van der Waals surface area contributed by atoms with Crippen molar-refractivity contribution in [2.24, 2.45) is 0 Å². The summed E-state index contributed by atoms with van der Waals surface area (Å²) in [5, 5.41) is -0.0778. The third kappa shape index (κ3) is 3.92. The minimum atomic E-state index is -3.66. The van der Waals surface area contributed by atoms with Crippen molar-refractivity contribution in [3.8, 4) is 0 Å². The van der Waals surface area contributed by atoms with E-state index in [1.54, 1.807) is 13.8 Å². The highest BCUT2D eigenvalue weighted by Crippen LogP contribution is 2.39. The molecule has 0 aromatic carbocycles. The molecule has 4 atom stereocenters. The molecular formula is C11H18O7S2. The maximum atomic E-state index is 11.4. The average molecular weight is 326 g/mol. The largest absolute Gasteiger partial charge is 0.343 e. The van der Waals surface area contributed by atoms with E-state index in [9.17, 15) is 13.2 Å². The van der Waals surface area contributed by atoms with Crippen LogP contribution >= 0.6 is 11.8 Å². The van der Waals surface area contributed by atoms with E-state index >= 15 is 0 Å². The van der Waals surface area contributed by atoms with Gasteiger partial charge in [0.1, 0.15) is 18.3 Å². The lowest BCUT2D eigenvalue weighted by atomic mass is 10.1. The van der Waals surface area contributed by atoms with Gasteiger partial charge in [-0.25, -0.2) is 0 Å². The Balaban J connectivity index is 2.12. The average Bonchev–Trinajstić information content (AvgIpc) is 2.68. The predicted octanol–water partition coefficient (Wildman–Crippen LogP) is 0.487. The minimum Gasteiger partial charge on any atom is -0.343 e. The summed E-state index contributed by atoms with van der Waals surface area (Å²) >= 11 is 1.05. The number of rotatable bonds is 4. The Morgan fingerprint density at radius 2 is 2.00 bits per heavy atom. The molecule has 20 heavy (non-hydrogen) atoms. The SMILES string of the molecule is CC(=O)SC[C@H]1O[C@@H]2OC(C)(C)O[C@@H]2[C@@H]1OS(C)(=O)=O. The van der Waals surface area contributed by atoms with Gasteiger partial charge in [0.25, 0.3) is 10.1 Å². The van der Waals surface area contributed by atoms with Crippen LogP contribution in [0.15, 0.2) is 0 Å². The van der Waals surface area contributed by atoms with Crippen molar-refractivity contribution in [1.82, 2.24) is 0 Å². The van der Waals surface area contributed by atoms with Gasteiger partial charge in [0.05, 0.1) is 6.26 Å². The summed E-state index contributed by atoms with van der Waals surface area (Å²) in [6, 6.07) is 0. The molecule has 0 unspecified atom stereocenters. The zero-order valence-corrected chi connectivity index (χ0v) is 13.3. The predicted molar refractivity (Wildman–Crippen MR) is 71.6 cm³/mol. The third-order valence-electron chi connectivity index (χ3n) is 2.82. The molecule has 2 aliphatic heterocycles. The zero-order chi connectivity index (χ0) is 15.1. The summed E-state index contributed by atoms with van der Waals surface area (Å²) in [5.41, 5.74) is 0. The summed E-state index contributed by atoms with van der Waals surface area (Å²) < 4.78 is 44.6. The second kappa shape index (κ2) is 5.54. The Kier molecular flexibility index (Phi) is 4.49. The maximum Gasteiger partial charge on any atom is 0.264 e. The van der Waals surface area contributed by atoms with E-state index in [1.807, 2.05) is 0 Å². The highest BCUT2D eigenvalue weighted by atomic mass is 32.2. The van der Waals surface area contributed by atoms with Gasteiger partial charge in [-0.1, -0.05) is 11.8 Å². The lowest BCUT2D eigenvalue weighted by Gasteiger charge is -2.24. The van der Waals surface area contributed by atoms with Gasteiger partial charge in [-0.15, -0.1) is 0 Å². The summed E-state index contributed by atoms with van der Waals surface area (Å²) in [7, 11) is -3.66. The van der Waals surface area contributed by atoms with Crippen LogP contribution in [0.25, 0.3) is 0 Å². The first-order valence-electron chi connectivity index (χ1n) is 6.10. The second-order valence-electron chi connectivity index (χ2n) is 5.21. The van der Waals surface area contributed by atoms with Crippen LogP contribution in [0.1, 0.15) is 20.8 Å². The molecule has 116 valence electrons. The lowest BCUT2D eigenvalue weighted by Crippen LogP contribution is -2.39. The number of ether oxygens (including phenoxy) is 3. The fourth-order valence-electron chi connectivity index (χ4n) is 2.20. The monoisotopic (exact) mass is 326 g/mol. The van der Waals surface area contributed by atoms with Crippen molar-refractivity contribution in [3.63, 3.8) is 0 Å². The second-order valence-corrected chi connectivity index (χ2v) is 8.01. The highest BCUT2D eigenvalue weighted by Gasteiger charge is 2.56. The van der Waals surface area contributed by atoms with Gasteiger partial charge in [-0.05, 0) is 13.8 Å². The van der Waals surface area contributed by atoms with Crippen LogP contribution in [-0.2, 0) is 33.3 Å². The van der Waals surface area contributed by atoms with E-state index in [2.05, 4.69) is 0 Å². The molecule has 2 fully saturated rings. The van der Waals surface area contributed by atoms with Crippen molar-refractivity contribution in [2.45, 2.75) is 51.2 Å². The number of carbonyl (C=O) groups is 1. The summed E-state index contributed by atoms with van der Waals surface area (Å²) in [4.78, 5) is 11.0. The Morgan fingerprint density at radius 3 is 2.55 bits per heavy atom. The van der Waals surface area contributed by atoms with Gasteiger partial charge in [0.2, 0.25) is 0 Å². The standard InChI is InChI=1S/C11H18O7S2/c1-6(12)19-5-7-8(18-20(4,13)14)9-10(15-7)17-11(2,3)16-9/h7-10H,5H2,1-4H3/t7-,8-,9-,10-/m1/s1. The van der Waals surface area contributed by atoms with E-state index < -0.39 is 40.5 Å². The molecule has 9 heteroatoms. The van der Waals surface area contributed by atoms with Crippen molar-refractivity contribution in [3.05, 3.63) is 0 Å². The van der Waals surface area contributed by atoms with Crippen molar-refractivity contribution < 1.29 is 31.6 Å². The quantitative estimate of drug-likeness (QED) is 0.690. The molecule has 2 rings (SSSR count). The number of fused-ring (bicyclic) bond motifs is 1. The molecule has 0 N–H and O–H groups in total. The van der Waals surface area contributed by atoms with Gasteiger partial charge in [-0.3, -0.25) is 8.98 Å². The van der Waals surface area contributed by atoms with E-state index in [4.69, 9.17) is 18.4 Å². The van der Waals surface area contributed by atoms with Crippen LogP contribution in [0.5, 0.6) is 0 Å². The summed E-state index contributed by atoms with van der Waals surface area (Å²) in [6.07, 6.45) is -1.74. The molecule has 2 aliphatic rings. The Morgan fingerprint density at radius 1 is 1.35 bits per heavy atom. The molecule has 0 aromatic heterocycles. The molecule has 0 bridgehead atoms. The van der Waals surface area contributed by atoms with Crippen LogP contribution in [0.3, 0.4) is 0 Å². The number of hydrogen-bond donors (Lipinski definition) is 0. The molecule has 0 aliphatic carbocycles. The van der Waals surface area contributed by atoms with Crippen LogP contribution < -0.4 is 0 Å². The van der Waals surface area contributed by atoms with Crippen molar-refractivity contribution in [1.29, 1.82) is 0 Å². The lowest BCUT2D eigenvalue weighted by molar-refractivity contribution is -0.210. The van der Waals surface area contributed by atoms with Gasteiger partial charge in [0, 0.05) is 12.7 Å². The van der Waals surface area contributed by atoms with E-state index in [1.165, 1.54) is 6.92 Å². The molecule has 2 saturated heterocycles. The Hall–Kier alpha value is -0.190. The minimum absolute atomic E-state index is 0.0778. The van der Waals surface area contributed by atoms with Gasteiger partial charge < -0.3 is 14.2 Å². The molecule has 7 nitrogen and oxygen atoms in total. The first kappa shape index (κ1) is 16.2. The zero-order valence-electron chi connectivity index (χ0n) is 11.7. The third-order valence-corrected chi connectivity index (χ3v) is 4.30. The first-order valence-corrected chi connectivity index (χ1v) is 8.90. The summed E-state index contributed by atoms with van der Waals surface area (Å²) in [6.45, 7) is 4.86.